The maximum atomic E-state index is 13.6. The molecule has 0 fully saturated rings. The molecule has 0 radical (unpaired) electrons. The number of carbonyl (C=O) groups is 2. The molecule has 0 aliphatic heterocycles. The second kappa shape index (κ2) is 21.2. The third-order valence-corrected chi connectivity index (χ3v) is 9.31. The van der Waals surface area contributed by atoms with E-state index in [1.807, 2.05) is 45.9 Å². The summed E-state index contributed by atoms with van der Waals surface area (Å²) in [6.45, 7) is 8.82. The Labute approximate surface area is 297 Å². The lowest BCUT2D eigenvalue weighted by Gasteiger charge is -2.29. The van der Waals surface area contributed by atoms with Crippen molar-refractivity contribution in [2.75, 3.05) is 26.9 Å². The zero-order chi connectivity index (χ0) is 36.5. The van der Waals surface area contributed by atoms with Crippen molar-refractivity contribution in [3.8, 4) is 16.2 Å². The van der Waals surface area contributed by atoms with Gasteiger partial charge in [-0.2, -0.15) is 0 Å². The molecule has 2 amide bonds. The van der Waals surface area contributed by atoms with Crippen LogP contribution in [0.15, 0.2) is 59.3 Å². The monoisotopic (exact) mass is 712 g/mol. The molecule has 0 aliphatic rings. The number of nitrogens with one attached hydrogen (secondary N) is 2. The third-order valence-electron chi connectivity index (χ3n) is 8.51. The van der Waals surface area contributed by atoms with Gasteiger partial charge >= 0.3 is 0 Å². The van der Waals surface area contributed by atoms with Crippen LogP contribution in [0.5, 0.6) is 5.75 Å². The topological polar surface area (TPSA) is 168 Å². The van der Waals surface area contributed by atoms with Crippen molar-refractivity contribution in [3.63, 3.8) is 0 Å². The summed E-state index contributed by atoms with van der Waals surface area (Å²) in [5.74, 6) is -1.49. The number of methoxy groups -OCH3 is 1. The standard InChI is InChI=1S/C36H49FN6O6S/c1-6-24(4)34(36(46)40-18-25-8-11-27(37)12-9-25)41-35(45)29(23(2)3)17-31(44)30(42-43-38)21-48-20-26-10-13-28(33-19-39-22-50-33)32(16-26)49-15-7-14-47-5/h8-13,16,19,22-24,29-31,34,44H,6-7,14-15,17-18,20-21H2,1-5H3,(H,40,46)(H,41,45)/t24-,29-,30-,31-,34-/m0/s1. The zero-order valence-electron chi connectivity index (χ0n) is 29.4. The summed E-state index contributed by atoms with van der Waals surface area (Å²) in [7, 11) is 1.64. The van der Waals surface area contributed by atoms with Crippen LogP contribution in [-0.2, 0) is 32.2 Å². The predicted molar refractivity (Wildman–Crippen MR) is 191 cm³/mol. The van der Waals surface area contributed by atoms with Gasteiger partial charge in [-0.15, -0.1) is 11.3 Å². The normalized spacial score (nSPS) is 14.2. The minimum Gasteiger partial charge on any atom is -0.493 e. The summed E-state index contributed by atoms with van der Waals surface area (Å²) in [5, 5.41) is 20.7. The average molecular weight is 713 g/mol. The van der Waals surface area contributed by atoms with E-state index in [-0.39, 0.29) is 55.6 Å². The first kappa shape index (κ1) is 40.4. The Morgan fingerprint density at radius 1 is 1.10 bits per heavy atom. The van der Waals surface area contributed by atoms with Crippen LogP contribution in [0, 0.1) is 23.6 Å². The summed E-state index contributed by atoms with van der Waals surface area (Å²) in [6, 6.07) is 9.79. The van der Waals surface area contributed by atoms with Crippen molar-refractivity contribution < 1.29 is 33.3 Å². The molecule has 0 saturated carbocycles. The van der Waals surface area contributed by atoms with E-state index in [0.29, 0.717) is 25.4 Å². The first-order valence-corrected chi connectivity index (χ1v) is 17.7. The van der Waals surface area contributed by atoms with Crippen LogP contribution in [0.3, 0.4) is 0 Å². The van der Waals surface area contributed by atoms with Crippen molar-refractivity contribution in [3.05, 3.63) is 81.6 Å². The highest BCUT2D eigenvalue weighted by Crippen LogP contribution is 2.34. The Morgan fingerprint density at radius 2 is 1.84 bits per heavy atom. The third kappa shape index (κ3) is 12.7. The van der Waals surface area contributed by atoms with E-state index in [9.17, 15) is 24.6 Å². The second-order valence-corrected chi connectivity index (χ2v) is 13.4. The first-order chi connectivity index (χ1) is 24.1. The molecule has 2 aromatic carbocycles. The highest BCUT2D eigenvalue weighted by Gasteiger charge is 2.33. The molecule has 1 aromatic heterocycles. The lowest BCUT2D eigenvalue weighted by molar-refractivity contribution is -0.134. The molecule has 3 rings (SSSR count). The van der Waals surface area contributed by atoms with Crippen LogP contribution in [0.25, 0.3) is 20.9 Å². The van der Waals surface area contributed by atoms with Crippen LogP contribution in [0.4, 0.5) is 4.39 Å². The Bertz CT molecular complexity index is 1520. The van der Waals surface area contributed by atoms with Gasteiger partial charge in [-0.25, -0.2) is 4.39 Å². The van der Waals surface area contributed by atoms with E-state index in [2.05, 4.69) is 25.6 Å². The molecule has 14 heteroatoms. The molecule has 3 N–H and O–H groups in total. The van der Waals surface area contributed by atoms with Crippen LogP contribution in [0.1, 0.15) is 58.1 Å². The Hall–Kier alpha value is -4.07. The van der Waals surface area contributed by atoms with E-state index < -0.39 is 24.1 Å². The number of amides is 2. The smallest absolute Gasteiger partial charge is 0.243 e. The number of hydrogen-bond donors (Lipinski definition) is 3. The first-order valence-electron chi connectivity index (χ1n) is 16.8. The number of rotatable bonds is 22. The van der Waals surface area contributed by atoms with Gasteiger partial charge in [0.2, 0.25) is 11.8 Å². The summed E-state index contributed by atoms with van der Waals surface area (Å²) in [5.41, 5.74) is 13.5. The molecular formula is C36H49FN6O6S. The van der Waals surface area contributed by atoms with Gasteiger partial charge in [0.25, 0.3) is 0 Å². The molecular weight excluding hydrogens is 663 g/mol. The highest BCUT2D eigenvalue weighted by atomic mass is 32.1. The van der Waals surface area contributed by atoms with Crippen molar-refractivity contribution in [1.29, 1.82) is 0 Å². The second-order valence-electron chi connectivity index (χ2n) is 12.5. The predicted octanol–water partition coefficient (Wildman–Crippen LogP) is 6.43. The van der Waals surface area contributed by atoms with Crippen molar-refractivity contribution >= 4 is 23.2 Å². The minimum absolute atomic E-state index is 0.00994. The van der Waals surface area contributed by atoms with Gasteiger partial charge < -0.3 is 30.0 Å². The number of aromatic nitrogens is 1. The molecule has 0 spiro atoms. The van der Waals surface area contributed by atoms with Crippen LogP contribution in [0.2, 0.25) is 0 Å². The molecule has 0 saturated heterocycles. The zero-order valence-corrected chi connectivity index (χ0v) is 30.2. The largest absolute Gasteiger partial charge is 0.493 e. The van der Waals surface area contributed by atoms with Gasteiger partial charge in [0.05, 0.1) is 42.4 Å². The molecule has 272 valence electrons. The van der Waals surface area contributed by atoms with E-state index >= 15 is 0 Å². The SMILES string of the molecule is CC[C@H](C)[C@H](NC(=O)[C@@H](C[C@H](O)[C@H](COCc1ccc(-c2cncs2)c(OCCCOC)c1)N=[N+]=[N-])C(C)C)C(=O)NCc1ccc(F)cc1. The van der Waals surface area contributed by atoms with Gasteiger partial charge in [-0.1, -0.05) is 57.4 Å². The molecule has 0 aliphatic carbocycles. The molecule has 1 heterocycles. The number of thiazole rings is 1. The van der Waals surface area contributed by atoms with Gasteiger partial charge in [-0.3, -0.25) is 14.6 Å². The quantitative estimate of drug-likeness (QED) is 0.0467. The Balaban J connectivity index is 1.63. The lowest BCUT2D eigenvalue weighted by atomic mass is 9.86. The summed E-state index contributed by atoms with van der Waals surface area (Å²) < 4.78 is 30.4. The van der Waals surface area contributed by atoms with Gasteiger partial charge in [0.1, 0.15) is 17.6 Å². The fourth-order valence-electron chi connectivity index (χ4n) is 5.26. The number of aliphatic hydroxyl groups is 1. The fourth-order valence-corrected chi connectivity index (χ4v) is 5.91. The number of nitrogens with zero attached hydrogens (tertiary/aromatic N) is 4. The lowest BCUT2D eigenvalue weighted by Crippen LogP contribution is -2.52. The summed E-state index contributed by atoms with van der Waals surface area (Å²) in [6.07, 6.45) is 1.94. The molecule has 3 aromatic rings. The Kier molecular flexibility index (Phi) is 17.1. The van der Waals surface area contributed by atoms with Crippen molar-refractivity contribution in [1.82, 2.24) is 15.6 Å². The summed E-state index contributed by atoms with van der Waals surface area (Å²) in [4.78, 5) is 34.9. The van der Waals surface area contributed by atoms with Crippen molar-refractivity contribution in [2.45, 2.75) is 78.3 Å². The van der Waals surface area contributed by atoms with Crippen LogP contribution < -0.4 is 15.4 Å². The molecule has 5 atom stereocenters. The average Bonchev–Trinajstić information content (AvgIpc) is 3.65. The van der Waals surface area contributed by atoms with Gasteiger partial charge in [0.15, 0.2) is 0 Å². The Morgan fingerprint density at radius 3 is 2.48 bits per heavy atom. The van der Waals surface area contributed by atoms with E-state index in [1.54, 1.807) is 30.9 Å². The number of hydrogen-bond acceptors (Lipinski definition) is 9. The maximum absolute atomic E-state index is 13.6. The number of halogens is 1. The van der Waals surface area contributed by atoms with Crippen LogP contribution >= 0.6 is 11.3 Å². The number of carbonyl (C=O) groups excluding carboxylic acids is 2. The van der Waals surface area contributed by atoms with Crippen molar-refractivity contribution in [2.24, 2.45) is 22.9 Å². The maximum Gasteiger partial charge on any atom is 0.243 e. The number of ether oxygens (including phenoxy) is 3. The van der Waals surface area contributed by atoms with E-state index in [1.165, 1.54) is 23.5 Å². The molecule has 12 nitrogen and oxygen atoms in total. The van der Waals surface area contributed by atoms with Gasteiger partial charge in [0, 0.05) is 49.3 Å². The fraction of sp³-hybridized carbons (Fsp3) is 0.528. The summed E-state index contributed by atoms with van der Waals surface area (Å²) >= 11 is 1.51. The molecule has 0 unspecified atom stereocenters. The molecule has 50 heavy (non-hydrogen) atoms. The van der Waals surface area contributed by atoms with E-state index in [4.69, 9.17) is 14.2 Å². The molecule has 0 bridgehead atoms. The van der Waals surface area contributed by atoms with Crippen LogP contribution in [-0.4, -0.2) is 67.0 Å². The van der Waals surface area contributed by atoms with E-state index in [0.717, 1.165) is 28.0 Å². The minimum atomic E-state index is -1.19. The number of aliphatic hydroxyl groups excluding tert-OH is 1. The van der Waals surface area contributed by atoms with Gasteiger partial charge in [-0.05, 0) is 59.2 Å². The number of benzene rings is 2. The highest BCUT2D eigenvalue weighted by molar-refractivity contribution is 7.13. The number of azide groups is 1.